The molecule has 0 aliphatic carbocycles. The zero-order chi connectivity index (χ0) is 16.7. The van der Waals surface area contributed by atoms with E-state index in [-0.39, 0.29) is 6.61 Å². The Kier molecular flexibility index (Phi) is 7.12. The van der Waals surface area contributed by atoms with Crippen LogP contribution in [0.4, 0.5) is 0 Å². The minimum Gasteiger partial charge on any atom is -0.387 e. The normalized spacial score (nSPS) is 12.1. The van der Waals surface area contributed by atoms with E-state index in [4.69, 9.17) is 32.1 Å². The largest absolute Gasteiger partial charge is 0.407 e. The molecule has 0 heterocycles. The first-order valence-corrected chi connectivity index (χ1v) is 10.4. The molecule has 5 heteroatoms. The van der Waals surface area contributed by atoms with Gasteiger partial charge in [-0.1, -0.05) is 74.5 Å². The second-order valence-corrected chi connectivity index (χ2v) is 10.00. The van der Waals surface area contributed by atoms with Gasteiger partial charge in [0.15, 0.2) is 0 Å². The van der Waals surface area contributed by atoms with Gasteiger partial charge in [0.2, 0.25) is 0 Å². The maximum atomic E-state index is 6.41. The Labute approximate surface area is 149 Å². The lowest BCUT2D eigenvalue weighted by Gasteiger charge is -2.32. The van der Waals surface area contributed by atoms with Crippen molar-refractivity contribution in [2.75, 3.05) is 13.2 Å². The molecule has 23 heavy (non-hydrogen) atoms. The average Bonchev–Trinajstić information content (AvgIpc) is 2.56. The Morgan fingerprint density at radius 1 is 0.783 bits per heavy atom. The van der Waals surface area contributed by atoms with Crippen molar-refractivity contribution in [3.8, 4) is 0 Å². The van der Waals surface area contributed by atoms with Gasteiger partial charge in [0.05, 0.1) is 6.61 Å². The molecule has 0 radical (unpaired) electrons. The second kappa shape index (κ2) is 8.86. The Morgan fingerprint density at radius 2 is 1.22 bits per heavy atom. The molecule has 0 bridgehead atoms. The van der Waals surface area contributed by atoms with E-state index in [1.54, 1.807) is 0 Å². The van der Waals surface area contributed by atoms with Crippen molar-refractivity contribution in [1.29, 1.82) is 0 Å². The maximum Gasteiger partial charge on any atom is 0.407 e. The molecule has 2 aromatic carbocycles. The van der Waals surface area contributed by atoms with Crippen LogP contribution in [-0.4, -0.2) is 26.6 Å². The van der Waals surface area contributed by atoms with Gasteiger partial charge in [-0.25, -0.2) is 0 Å². The molecular formula is C18H22Cl2O2Si. The summed E-state index contributed by atoms with van der Waals surface area (Å²) < 4.78 is 12.7. The summed E-state index contributed by atoms with van der Waals surface area (Å²) in [7, 11) is -2.84. The predicted molar refractivity (Wildman–Crippen MR) is 100 cm³/mol. The second-order valence-electron chi connectivity index (χ2n) is 5.76. The molecule has 0 saturated heterocycles. The predicted octanol–water partition coefficient (Wildman–Crippen LogP) is 3.74. The van der Waals surface area contributed by atoms with Gasteiger partial charge in [-0.2, -0.15) is 0 Å². The molecule has 0 unspecified atom stereocenters. The van der Waals surface area contributed by atoms with E-state index in [2.05, 4.69) is 38.1 Å². The van der Waals surface area contributed by atoms with Crippen LogP contribution in [0.25, 0.3) is 0 Å². The van der Waals surface area contributed by atoms with E-state index < -0.39 is 13.4 Å². The third kappa shape index (κ3) is 5.06. The van der Waals surface area contributed by atoms with Gasteiger partial charge in [0.25, 0.3) is 0 Å². The van der Waals surface area contributed by atoms with Gasteiger partial charge in [-0.15, -0.1) is 23.2 Å². The van der Waals surface area contributed by atoms with Crippen molar-refractivity contribution in [1.82, 2.24) is 0 Å². The Balaban J connectivity index is 2.48. The molecule has 0 spiro atoms. The van der Waals surface area contributed by atoms with Gasteiger partial charge < -0.3 is 8.85 Å². The molecular weight excluding hydrogens is 347 g/mol. The van der Waals surface area contributed by atoms with Crippen molar-refractivity contribution < 1.29 is 8.85 Å². The number of alkyl halides is 2. The van der Waals surface area contributed by atoms with Crippen molar-refractivity contribution in [3.05, 3.63) is 60.7 Å². The molecule has 0 aliphatic rings. The van der Waals surface area contributed by atoms with Crippen LogP contribution in [0, 0.1) is 5.92 Å². The lowest BCUT2D eigenvalue weighted by Crippen LogP contribution is -2.64. The Hall–Kier alpha value is -0.843. The Morgan fingerprint density at radius 3 is 1.61 bits per heavy atom. The number of halogens is 2. The fourth-order valence-corrected chi connectivity index (χ4v) is 5.97. The summed E-state index contributed by atoms with van der Waals surface area (Å²) in [6, 6.07) is 20.2. The van der Waals surface area contributed by atoms with E-state index in [1.165, 1.54) is 0 Å². The fraction of sp³-hybridized carbons (Fsp3) is 0.333. The highest BCUT2D eigenvalue weighted by molar-refractivity contribution is 6.92. The third-order valence-corrected chi connectivity index (χ3v) is 6.93. The molecule has 0 aromatic heterocycles. The number of rotatable bonds is 8. The van der Waals surface area contributed by atoms with Crippen LogP contribution in [0.15, 0.2) is 60.7 Å². The number of hydrogen-bond acceptors (Lipinski definition) is 2. The molecule has 0 aliphatic heterocycles. The highest BCUT2D eigenvalue weighted by Gasteiger charge is 2.43. The first-order chi connectivity index (χ1) is 11.0. The van der Waals surface area contributed by atoms with Crippen LogP contribution in [0.2, 0.25) is 0 Å². The van der Waals surface area contributed by atoms with E-state index in [1.807, 2.05) is 36.4 Å². The van der Waals surface area contributed by atoms with Crippen molar-refractivity contribution >= 4 is 42.1 Å². The van der Waals surface area contributed by atoms with Crippen molar-refractivity contribution in [3.63, 3.8) is 0 Å². The quantitative estimate of drug-likeness (QED) is 0.521. The summed E-state index contributed by atoms with van der Waals surface area (Å²) in [5.74, 6) is 0.403. The molecule has 0 saturated carbocycles. The third-order valence-electron chi connectivity index (χ3n) is 3.34. The molecule has 2 nitrogen and oxygen atoms in total. The van der Waals surface area contributed by atoms with Gasteiger partial charge in [-0.3, -0.25) is 0 Å². The molecule has 0 N–H and O–H groups in total. The molecule has 2 rings (SSSR count). The minimum absolute atomic E-state index is 0.233. The molecule has 0 atom stereocenters. The van der Waals surface area contributed by atoms with Gasteiger partial charge in [-0.05, 0) is 16.3 Å². The van der Waals surface area contributed by atoms with Gasteiger partial charge in [0, 0.05) is 6.61 Å². The van der Waals surface area contributed by atoms with Crippen molar-refractivity contribution in [2.45, 2.75) is 18.7 Å². The standard InChI is InChI=1S/C18H22Cl2O2Si/c1-15(2)13-21-23(22-14-18(19)20,16-9-5-3-6-10-16)17-11-7-4-8-12-17/h3-12,15,18H,13-14H2,1-2H3. The van der Waals surface area contributed by atoms with E-state index in [9.17, 15) is 0 Å². The summed E-state index contributed by atoms with van der Waals surface area (Å²) >= 11 is 11.9. The van der Waals surface area contributed by atoms with Gasteiger partial charge in [0.1, 0.15) is 4.84 Å². The van der Waals surface area contributed by atoms with E-state index >= 15 is 0 Å². The Bertz CT molecular complexity index is 523. The highest BCUT2D eigenvalue weighted by Crippen LogP contribution is 2.14. The SMILES string of the molecule is CC(C)CO[Si](OCC(Cl)Cl)(c1ccccc1)c1ccccc1. The van der Waals surface area contributed by atoms with Crippen LogP contribution < -0.4 is 10.4 Å². The lowest BCUT2D eigenvalue weighted by molar-refractivity contribution is 0.178. The van der Waals surface area contributed by atoms with Crippen LogP contribution in [0.1, 0.15) is 13.8 Å². The van der Waals surface area contributed by atoms with Crippen molar-refractivity contribution in [2.24, 2.45) is 5.92 Å². The number of hydrogen-bond donors (Lipinski definition) is 0. The summed E-state index contributed by atoms with van der Waals surface area (Å²) in [5.41, 5.74) is 0. The fourth-order valence-electron chi connectivity index (χ4n) is 2.32. The van der Waals surface area contributed by atoms with E-state index in [0.29, 0.717) is 12.5 Å². The molecule has 0 fully saturated rings. The molecule has 0 amide bonds. The van der Waals surface area contributed by atoms with Crippen LogP contribution in [-0.2, 0) is 8.85 Å². The smallest absolute Gasteiger partial charge is 0.387 e. The molecule has 2 aromatic rings. The zero-order valence-electron chi connectivity index (χ0n) is 13.4. The lowest BCUT2D eigenvalue weighted by atomic mass is 10.2. The maximum absolute atomic E-state index is 6.41. The average molecular weight is 369 g/mol. The minimum atomic E-state index is -2.84. The zero-order valence-corrected chi connectivity index (χ0v) is 15.9. The van der Waals surface area contributed by atoms with Gasteiger partial charge >= 0.3 is 8.56 Å². The van der Waals surface area contributed by atoms with Crippen LogP contribution in [0.3, 0.4) is 0 Å². The highest BCUT2D eigenvalue weighted by atomic mass is 35.5. The topological polar surface area (TPSA) is 18.5 Å². The summed E-state index contributed by atoms with van der Waals surface area (Å²) in [6.07, 6.45) is 0. The molecule has 124 valence electrons. The number of benzene rings is 2. The first-order valence-electron chi connectivity index (χ1n) is 7.71. The first kappa shape index (κ1) is 18.5. The van der Waals surface area contributed by atoms with Crippen LogP contribution >= 0.6 is 23.2 Å². The summed E-state index contributed by atoms with van der Waals surface area (Å²) in [5, 5.41) is 2.11. The summed E-state index contributed by atoms with van der Waals surface area (Å²) in [4.78, 5) is -0.586. The monoisotopic (exact) mass is 368 g/mol. The van der Waals surface area contributed by atoms with Crippen LogP contribution in [0.5, 0.6) is 0 Å². The van der Waals surface area contributed by atoms with E-state index in [0.717, 1.165) is 10.4 Å². The summed E-state index contributed by atoms with van der Waals surface area (Å²) in [6.45, 7) is 5.10.